The Hall–Kier alpha value is -4.57. The zero-order chi connectivity index (χ0) is 26.9. The fraction of sp³-hybridized carbons (Fsp3) is 0.0333. The zero-order valence-corrected chi connectivity index (χ0v) is 22.5. The van der Waals surface area contributed by atoms with Crippen LogP contribution in [-0.4, -0.2) is 35.2 Å². The van der Waals surface area contributed by atoms with Crippen LogP contribution >= 0.6 is 12.4 Å². The lowest BCUT2D eigenvalue weighted by Crippen LogP contribution is -1.97. The molecule has 200 valence electrons. The monoisotopic (exact) mass is 572 g/mol. The van der Waals surface area contributed by atoms with Crippen LogP contribution < -0.4 is 4.74 Å². The van der Waals surface area contributed by atoms with Crippen LogP contribution in [-0.2, 0) is 10.1 Å². The van der Waals surface area contributed by atoms with E-state index in [1.54, 1.807) is 19.2 Å². The number of aromatic amines is 1. The van der Waals surface area contributed by atoms with Crippen molar-refractivity contribution in [1.29, 1.82) is 0 Å². The lowest BCUT2D eigenvalue weighted by atomic mass is 9.98. The van der Waals surface area contributed by atoms with Crippen LogP contribution in [0.25, 0.3) is 66.3 Å². The van der Waals surface area contributed by atoms with E-state index in [4.69, 9.17) is 14.1 Å². The summed E-state index contributed by atoms with van der Waals surface area (Å²) in [6.07, 6.45) is 0. The van der Waals surface area contributed by atoms with Crippen molar-refractivity contribution in [3.05, 3.63) is 84.9 Å². The predicted molar refractivity (Wildman–Crippen MR) is 157 cm³/mol. The molecule has 0 bridgehead atoms. The molecular weight excluding hydrogens is 552 g/mol. The maximum Gasteiger partial charge on any atom is 0.294 e. The van der Waals surface area contributed by atoms with Gasteiger partial charge in [0.2, 0.25) is 0 Å². The third-order valence-electron chi connectivity index (χ3n) is 6.99. The number of furan rings is 1. The zero-order valence-electron chi connectivity index (χ0n) is 20.9. The van der Waals surface area contributed by atoms with Crippen LogP contribution in [0.1, 0.15) is 0 Å². The van der Waals surface area contributed by atoms with Crippen molar-refractivity contribution in [2.24, 2.45) is 0 Å². The summed E-state index contributed by atoms with van der Waals surface area (Å²) < 4.78 is 44.5. The average molecular weight is 573 g/mol. The van der Waals surface area contributed by atoms with E-state index in [9.17, 15) is 18.1 Å². The molecule has 0 aliphatic heterocycles. The lowest BCUT2D eigenvalue weighted by molar-refractivity contribution is 0.416. The number of fused-ring (bicyclic) bond motifs is 6. The highest BCUT2D eigenvalue weighted by Crippen LogP contribution is 2.41. The number of phenolic OH excluding ortho intramolecular Hbond substituents is 1. The second-order valence-electron chi connectivity index (χ2n) is 9.25. The van der Waals surface area contributed by atoms with Gasteiger partial charge >= 0.3 is 0 Å². The molecule has 3 N–H and O–H groups in total. The van der Waals surface area contributed by atoms with Gasteiger partial charge in [-0.05, 0) is 52.9 Å². The Bertz CT molecular complexity index is 2220. The third kappa shape index (κ3) is 3.94. The number of imidazole rings is 1. The van der Waals surface area contributed by atoms with Crippen LogP contribution in [0.4, 0.5) is 0 Å². The Balaban J connectivity index is 0.00000289. The number of nitrogens with one attached hydrogen (secondary N) is 1. The number of ether oxygens (including phenoxy) is 1. The molecule has 0 amide bonds. The van der Waals surface area contributed by atoms with Gasteiger partial charge in [-0.25, -0.2) is 4.98 Å². The van der Waals surface area contributed by atoms with Crippen LogP contribution in [0.5, 0.6) is 11.5 Å². The normalized spacial score (nSPS) is 11.8. The van der Waals surface area contributed by atoms with E-state index in [1.165, 1.54) is 6.07 Å². The molecule has 0 fully saturated rings. The Morgan fingerprint density at radius 3 is 2.48 bits per heavy atom. The molecule has 7 aromatic rings. The standard InChI is InChI=1S/C30H20N2O6S.ClH/c1-37-26-14-16(19-6-4-8-25-28(19)20-5-2-3-7-24(20)38-25)9-11-21(26)30-31-22-12-10-17-13-18(39(34,35)36)15-23(33)27(17)29(22)32-30;/h2-15,33H,1H3,(H,31,32)(H,34,35,36);1H. The minimum atomic E-state index is -4.48. The number of rotatable bonds is 4. The first-order chi connectivity index (χ1) is 18.8. The minimum Gasteiger partial charge on any atom is -0.507 e. The van der Waals surface area contributed by atoms with E-state index in [-0.39, 0.29) is 23.1 Å². The number of halogens is 1. The van der Waals surface area contributed by atoms with Crippen molar-refractivity contribution in [1.82, 2.24) is 9.97 Å². The number of aromatic nitrogens is 2. The van der Waals surface area contributed by atoms with E-state index in [0.29, 0.717) is 38.9 Å². The molecule has 2 aromatic heterocycles. The third-order valence-corrected chi connectivity index (χ3v) is 7.82. The average Bonchev–Trinajstić information content (AvgIpc) is 3.53. The number of H-pyrrole nitrogens is 1. The molecule has 7 rings (SSSR count). The van der Waals surface area contributed by atoms with Crippen molar-refractivity contribution >= 4 is 66.3 Å². The van der Waals surface area contributed by atoms with Gasteiger partial charge in [0.1, 0.15) is 34.0 Å². The summed E-state index contributed by atoms with van der Waals surface area (Å²) in [6, 6.07) is 25.5. The van der Waals surface area contributed by atoms with Crippen LogP contribution in [0, 0.1) is 0 Å². The first-order valence-electron chi connectivity index (χ1n) is 12.0. The van der Waals surface area contributed by atoms with Gasteiger partial charge in [-0.3, -0.25) is 4.55 Å². The number of nitrogens with zero attached hydrogens (tertiary/aromatic N) is 1. The molecule has 0 saturated heterocycles. The highest BCUT2D eigenvalue weighted by atomic mass is 35.5. The predicted octanol–water partition coefficient (Wildman–Crippen LogP) is 7.33. The molecule has 10 heteroatoms. The highest BCUT2D eigenvalue weighted by molar-refractivity contribution is 7.85. The van der Waals surface area contributed by atoms with Crippen molar-refractivity contribution in [3.63, 3.8) is 0 Å². The summed E-state index contributed by atoms with van der Waals surface area (Å²) in [7, 11) is -2.88. The molecular formula is C30H21ClN2O6S. The second kappa shape index (κ2) is 9.27. The molecule has 0 aliphatic carbocycles. The number of para-hydroxylation sites is 1. The molecule has 5 aromatic carbocycles. The van der Waals surface area contributed by atoms with Crippen molar-refractivity contribution < 1.29 is 27.2 Å². The molecule has 0 aliphatic rings. The van der Waals surface area contributed by atoms with E-state index >= 15 is 0 Å². The van der Waals surface area contributed by atoms with Gasteiger partial charge in [0, 0.05) is 16.8 Å². The number of benzene rings is 5. The molecule has 0 spiro atoms. The first kappa shape index (κ1) is 25.7. The van der Waals surface area contributed by atoms with Crippen LogP contribution in [0.2, 0.25) is 0 Å². The van der Waals surface area contributed by atoms with Gasteiger partial charge in [-0.15, -0.1) is 12.4 Å². The Kier molecular flexibility index (Phi) is 5.95. The fourth-order valence-corrected chi connectivity index (χ4v) is 5.76. The smallest absolute Gasteiger partial charge is 0.294 e. The van der Waals surface area contributed by atoms with E-state index in [0.717, 1.165) is 39.1 Å². The summed E-state index contributed by atoms with van der Waals surface area (Å²) in [5, 5.41) is 13.5. The molecule has 8 nitrogen and oxygen atoms in total. The molecule has 2 heterocycles. The second-order valence-corrected chi connectivity index (χ2v) is 10.7. The van der Waals surface area contributed by atoms with Gasteiger partial charge < -0.3 is 19.2 Å². The number of hydrogen-bond acceptors (Lipinski definition) is 6. The largest absolute Gasteiger partial charge is 0.507 e. The van der Waals surface area contributed by atoms with Crippen LogP contribution in [0.15, 0.2) is 94.2 Å². The number of hydrogen-bond donors (Lipinski definition) is 3. The first-order valence-corrected chi connectivity index (χ1v) is 13.5. The molecule has 0 radical (unpaired) electrons. The molecule has 0 atom stereocenters. The van der Waals surface area contributed by atoms with Gasteiger partial charge in [0.25, 0.3) is 10.1 Å². The van der Waals surface area contributed by atoms with E-state index in [2.05, 4.69) is 11.1 Å². The van der Waals surface area contributed by atoms with E-state index < -0.39 is 10.1 Å². The van der Waals surface area contributed by atoms with Crippen molar-refractivity contribution in [2.45, 2.75) is 4.90 Å². The lowest BCUT2D eigenvalue weighted by Gasteiger charge is -2.10. The maximum absolute atomic E-state index is 11.6. The van der Waals surface area contributed by atoms with E-state index in [1.807, 2.05) is 54.6 Å². The Morgan fingerprint density at radius 2 is 1.68 bits per heavy atom. The Morgan fingerprint density at radius 1 is 0.875 bits per heavy atom. The van der Waals surface area contributed by atoms with Crippen LogP contribution in [0.3, 0.4) is 0 Å². The fourth-order valence-electron chi connectivity index (χ4n) is 5.23. The molecule has 40 heavy (non-hydrogen) atoms. The number of methoxy groups -OCH3 is 1. The van der Waals surface area contributed by atoms with Gasteiger partial charge in [0.05, 0.1) is 28.5 Å². The number of phenols is 1. The molecule has 0 saturated carbocycles. The number of aromatic hydroxyl groups is 1. The summed E-state index contributed by atoms with van der Waals surface area (Å²) >= 11 is 0. The minimum absolute atomic E-state index is 0. The van der Waals surface area contributed by atoms with Gasteiger partial charge in [-0.2, -0.15) is 8.42 Å². The van der Waals surface area contributed by atoms with Gasteiger partial charge in [-0.1, -0.05) is 42.5 Å². The Labute approximate surface area is 234 Å². The maximum atomic E-state index is 11.6. The summed E-state index contributed by atoms with van der Waals surface area (Å²) in [5.74, 6) is 0.816. The highest BCUT2D eigenvalue weighted by Gasteiger charge is 2.19. The summed E-state index contributed by atoms with van der Waals surface area (Å²) in [4.78, 5) is 7.62. The summed E-state index contributed by atoms with van der Waals surface area (Å²) in [5.41, 5.74) is 5.41. The van der Waals surface area contributed by atoms with Gasteiger partial charge in [0.15, 0.2) is 0 Å². The topological polar surface area (TPSA) is 126 Å². The molecule has 0 unspecified atom stereocenters. The summed E-state index contributed by atoms with van der Waals surface area (Å²) in [6.45, 7) is 0. The SMILES string of the molecule is COc1cc(-c2cccc3oc4ccccc4c23)ccc1-c1nc2c(ccc3cc(S(=O)(=O)O)cc(O)c32)[nH]1.Cl. The van der Waals surface area contributed by atoms with Crippen molar-refractivity contribution in [2.75, 3.05) is 7.11 Å². The quantitative estimate of drug-likeness (QED) is 0.188. The van der Waals surface area contributed by atoms with Crippen molar-refractivity contribution in [3.8, 4) is 34.0 Å².